The molecule has 3 heterocycles. The van der Waals surface area contributed by atoms with Gasteiger partial charge in [0.1, 0.15) is 12.2 Å². The third kappa shape index (κ3) is 2.84. The number of likely N-dealkylation sites (tertiary alicyclic amines) is 2. The average molecular weight is 305 g/mol. The zero-order chi connectivity index (χ0) is 15.7. The molecule has 0 spiro atoms. The van der Waals surface area contributed by atoms with Gasteiger partial charge in [0.25, 0.3) is 0 Å². The zero-order valence-corrected chi connectivity index (χ0v) is 13.2. The van der Waals surface area contributed by atoms with Crippen molar-refractivity contribution in [2.75, 3.05) is 19.6 Å². The first-order valence-corrected chi connectivity index (χ1v) is 7.97. The van der Waals surface area contributed by atoms with Gasteiger partial charge >= 0.3 is 0 Å². The van der Waals surface area contributed by atoms with Gasteiger partial charge in [-0.25, -0.2) is 0 Å². The molecular weight excluding hydrogens is 282 g/mol. The minimum atomic E-state index is 0.0681. The Morgan fingerprint density at radius 2 is 2.05 bits per heavy atom. The van der Waals surface area contributed by atoms with E-state index in [9.17, 15) is 9.59 Å². The lowest BCUT2D eigenvalue weighted by Crippen LogP contribution is -2.45. The lowest BCUT2D eigenvalue weighted by atomic mass is 9.96. The molecule has 1 aromatic heterocycles. The summed E-state index contributed by atoms with van der Waals surface area (Å²) in [6.45, 7) is 3.70. The van der Waals surface area contributed by atoms with Crippen LogP contribution >= 0.6 is 0 Å². The molecule has 0 saturated carbocycles. The first kappa shape index (κ1) is 15.0. The minimum Gasteiger partial charge on any atom is -0.341 e. The van der Waals surface area contributed by atoms with Crippen LogP contribution in [0.5, 0.6) is 0 Å². The van der Waals surface area contributed by atoms with Gasteiger partial charge in [0.15, 0.2) is 0 Å². The fourth-order valence-corrected chi connectivity index (χ4v) is 3.42. The lowest BCUT2D eigenvalue weighted by Gasteiger charge is -2.33. The molecule has 0 radical (unpaired) electrons. The largest absolute Gasteiger partial charge is 0.341 e. The molecule has 120 valence electrons. The Labute approximate surface area is 130 Å². The first-order chi connectivity index (χ1) is 10.6. The highest BCUT2D eigenvalue weighted by Gasteiger charge is 2.32. The number of amides is 2. The molecule has 3 rings (SSSR count). The monoisotopic (exact) mass is 305 g/mol. The Kier molecular flexibility index (Phi) is 4.13. The highest BCUT2D eigenvalue weighted by molar-refractivity contribution is 5.86. The molecule has 0 unspecified atom stereocenters. The van der Waals surface area contributed by atoms with Crippen LogP contribution in [0, 0.1) is 0 Å². The van der Waals surface area contributed by atoms with E-state index in [4.69, 9.17) is 0 Å². The van der Waals surface area contributed by atoms with Gasteiger partial charge < -0.3 is 14.4 Å². The summed E-state index contributed by atoms with van der Waals surface area (Å²) in [5, 5.41) is 8.09. The number of hydrogen-bond acceptors (Lipinski definition) is 4. The summed E-state index contributed by atoms with van der Waals surface area (Å²) in [5.74, 6) is 1.53. The van der Waals surface area contributed by atoms with Crippen molar-refractivity contribution in [2.24, 2.45) is 7.05 Å². The van der Waals surface area contributed by atoms with E-state index < -0.39 is 0 Å². The number of carbonyl (C=O) groups excluding carboxylic acids is 2. The van der Waals surface area contributed by atoms with Crippen LogP contribution in [-0.4, -0.2) is 62.1 Å². The van der Waals surface area contributed by atoms with Gasteiger partial charge in [0, 0.05) is 38.5 Å². The van der Waals surface area contributed by atoms with Crippen molar-refractivity contribution >= 4 is 11.8 Å². The van der Waals surface area contributed by atoms with E-state index in [1.165, 1.54) is 0 Å². The smallest absolute Gasteiger partial charge is 0.242 e. The van der Waals surface area contributed by atoms with Crippen LogP contribution in [0.2, 0.25) is 0 Å². The summed E-state index contributed by atoms with van der Waals surface area (Å²) in [4.78, 5) is 27.8. The van der Waals surface area contributed by atoms with E-state index in [2.05, 4.69) is 10.2 Å². The van der Waals surface area contributed by atoms with Crippen LogP contribution in [-0.2, 0) is 16.6 Å². The third-order valence-electron chi connectivity index (χ3n) is 4.89. The van der Waals surface area contributed by atoms with Crippen LogP contribution in [0.15, 0.2) is 6.33 Å². The van der Waals surface area contributed by atoms with Crippen molar-refractivity contribution in [2.45, 2.75) is 44.6 Å². The highest BCUT2D eigenvalue weighted by atomic mass is 16.2. The van der Waals surface area contributed by atoms with Crippen LogP contribution in [0.4, 0.5) is 0 Å². The van der Waals surface area contributed by atoms with Crippen LogP contribution in [0.1, 0.15) is 44.3 Å². The Morgan fingerprint density at radius 3 is 2.59 bits per heavy atom. The van der Waals surface area contributed by atoms with Gasteiger partial charge in [0.2, 0.25) is 11.8 Å². The third-order valence-corrected chi connectivity index (χ3v) is 4.89. The number of piperidine rings is 1. The number of nitrogens with zero attached hydrogens (tertiary/aromatic N) is 5. The van der Waals surface area contributed by atoms with Gasteiger partial charge in [-0.15, -0.1) is 10.2 Å². The van der Waals surface area contributed by atoms with E-state index in [1.54, 1.807) is 11.2 Å². The van der Waals surface area contributed by atoms with Crippen molar-refractivity contribution < 1.29 is 9.59 Å². The number of aromatic nitrogens is 3. The number of aryl methyl sites for hydroxylation is 1. The van der Waals surface area contributed by atoms with E-state index in [-0.39, 0.29) is 24.4 Å². The summed E-state index contributed by atoms with van der Waals surface area (Å²) in [6.07, 6.45) is 4.96. The van der Waals surface area contributed by atoms with Crippen molar-refractivity contribution in [1.82, 2.24) is 24.6 Å². The second kappa shape index (κ2) is 6.06. The Morgan fingerprint density at radius 1 is 1.32 bits per heavy atom. The fraction of sp³-hybridized carbons (Fsp3) is 0.733. The van der Waals surface area contributed by atoms with Crippen LogP contribution < -0.4 is 0 Å². The standard InChI is InChI=1S/C15H23N5O2/c1-11-3-4-13(21)20(11)9-14(22)19-7-5-12(6-8-19)15-17-16-10-18(15)2/h10-12H,3-9H2,1-2H3/t11-/m1/s1. The maximum Gasteiger partial charge on any atom is 0.242 e. The molecule has 0 bridgehead atoms. The SMILES string of the molecule is C[C@@H]1CCC(=O)N1CC(=O)N1CCC(c2nncn2C)CC1. The van der Waals surface area contributed by atoms with Gasteiger partial charge in [-0.05, 0) is 26.2 Å². The molecular formula is C15H23N5O2. The fourth-order valence-electron chi connectivity index (χ4n) is 3.42. The van der Waals surface area contributed by atoms with Crippen LogP contribution in [0.25, 0.3) is 0 Å². The molecule has 7 nitrogen and oxygen atoms in total. The Balaban J connectivity index is 1.54. The van der Waals surface area contributed by atoms with Crippen molar-refractivity contribution in [3.63, 3.8) is 0 Å². The maximum absolute atomic E-state index is 12.4. The van der Waals surface area contributed by atoms with Gasteiger partial charge in [-0.2, -0.15) is 0 Å². The second-order valence-corrected chi connectivity index (χ2v) is 6.36. The molecule has 7 heteroatoms. The van der Waals surface area contributed by atoms with Crippen molar-refractivity contribution in [3.05, 3.63) is 12.2 Å². The normalized spacial score (nSPS) is 23.4. The molecule has 2 saturated heterocycles. The molecule has 0 aromatic carbocycles. The molecule has 22 heavy (non-hydrogen) atoms. The molecule has 1 aromatic rings. The highest BCUT2D eigenvalue weighted by Crippen LogP contribution is 2.26. The quantitative estimate of drug-likeness (QED) is 0.817. The maximum atomic E-state index is 12.4. The summed E-state index contributed by atoms with van der Waals surface area (Å²) in [5.41, 5.74) is 0. The summed E-state index contributed by atoms with van der Waals surface area (Å²) in [6, 6.07) is 0.188. The molecule has 2 aliphatic rings. The topological polar surface area (TPSA) is 71.3 Å². The molecule has 2 aliphatic heterocycles. The lowest BCUT2D eigenvalue weighted by molar-refractivity contribution is -0.140. The van der Waals surface area contributed by atoms with Crippen molar-refractivity contribution in [3.8, 4) is 0 Å². The van der Waals surface area contributed by atoms with Gasteiger partial charge in [0.05, 0.1) is 6.54 Å². The summed E-state index contributed by atoms with van der Waals surface area (Å²) >= 11 is 0. The van der Waals surface area contributed by atoms with E-state index >= 15 is 0 Å². The molecule has 0 N–H and O–H groups in total. The van der Waals surface area contributed by atoms with E-state index in [0.29, 0.717) is 12.3 Å². The summed E-state index contributed by atoms with van der Waals surface area (Å²) < 4.78 is 1.95. The predicted molar refractivity (Wildman–Crippen MR) is 80.0 cm³/mol. The molecule has 0 aliphatic carbocycles. The Hall–Kier alpha value is -1.92. The molecule has 2 amide bonds. The number of carbonyl (C=O) groups is 2. The average Bonchev–Trinajstić information content (AvgIpc) is 3.08. The van der Waals surface area contributed by atoms with Crippen molar-refractivity contribution in [1.29, 1.82) is 0 Å². The van der Waals surface area contributed by atoms with Gasteiger partial charge in [-0.3, -0.25) is 9.59 Å². The zero-order valence-electron chi connectivity index (χ0n) is 13.2. The molecule has 1 atom stereocenters. The van der Waals surface area contributed by atoms with Crippen LogP contribution in [0.3, 0.4) is 0 Å². The molecule has 2 fully saturated rings. The Bertz CT molecular complexity index is 562. The van der Waals surface area contributed by atoms with E-state index in [1.807, 2.05) is 23.4 Å². The van der Waals surface area contributed by atoms with Gasteiger partial charge in [-0.1, -0.05) is 0 Å². The second-order valence-electron chi connectivity index (χ2n) is 6.36. The minimum absolute atomic E-state index is 0.0681. The first-order valence-electron chi connectivity index (χ1n) is 7.97. The summed E-state index contributed by atoms with van der Waals surface area (Å²) in [7, 11) is 1.95. The number of hydrogen-bond donors (Lipinski definition) is 0. The predicted octanol–water partition coefficient (Wildman–Crippen LogP) is 0.532. The van der Waals surface area contributed by atoms with E-state index in [0.717, 1.165) is 38.2 Å². The number of rotatable bonds is 3.